The Morgan fingerprint density at radius 2 is 1.69 bits per heavy atom. The summed E-state index contributed by atoms with van der Waals surface area (Å²) in [7, 11) is -3.49. The molecule has 0 heterocycles. The Morgan fingerprint density at radius 1 is 1.07 bits per heavy atom. The molecule has 0 aliphatic rings. The minimum Gasteiger partial charge on any atom is -0.351 e. The lowest BCUT2D eigenvalue weighted by Crippen LogP contribution is -2.35. The van der Waals surface area contributed by atoms with Crippen LogP contribution in [-0.4, -0.2) is 38.3 Å². The first-order valence-electron chi connectivity index (χ1n) is 9.63. The molecule has 0 bridgehead atoms. The summed E-state index contributed by atoms with van der Waals surface area (Å²) < 4.78 is 40.0. The van der Waals surface area contributed by atoms with Gasteiger partial charge in [0.15, 0.2) is 0 Å². The van der Waals surface area contributed by atoms with Gasteiger partial charge < -0.3 is 10.6 Å². The van der Waals surface area contributed by atoms with E-state index >= 15 is 0 Å². The maximum Gasteiger partial charge on any atom is 0.243 e. The van der Waals surface area contributed by atoms with Gasteiger partial charge in [0.1, 0.15) is 5.82 Å². The van der Waals surface area contributed by atoms with Crippen molar-refractivity contribution >= 4 is 15.9 Å². The van der Waals surface area contributed by atoms with Gasteiger partial charge in [0.25, 0.3) is 0 Å². The zero-order valence-corrected chi connectivity index (χ0v) is 17.8. The molecule has 0 saturated heterocycles. The second-order valence-electron chi connectivity index (χ2n) is 6.63. The van der Waals surface area contributed by atoms with Crippen molar-refractivity contribution in [2.75, 3.05) is 19.6 Å². The summed E-state index contributed by atoms with van der Waals surface area (Å²) in [5.41, 5.74) is 1.30. The van der Waals surface area contributed by atoms with Crippen LogP contribution < -0.4 is 10.6 Å². The maximum atomic E-state index is 13.6. The number of carbonyl (C=O) groups excluding carboxylic acids is 1. The first-order valence-corrected chi connectivity index (χ1v) is 11.1. The molecule has 29 heavy (non-hydrogen) atoms. The van der Waals surface area contributed by atoms with Crippen molar-refractivity contribution in [2.24, 2.45) is 0 Å². The summed E-state index contributed by atoms with van der Waals surface area (Å²) in [6.07, 6.45) is 0. The van der Waals surface area contributed by atoms with Crippen LogP contribution in [0.4, 0.5) is 4.39 Å². The SMILES string of the molecule is CCN(CC)S(=O)(=O)c1ccc([C@@H](C)NCC(=O)NCc2ccccc2F)cc1. The highest BCUT2D eigenvalue weighted by atomic mass is 32.2. The maximum absolute atomic E-state index is 13.6. The Labute approximate surface area is 172 Å². The van der Waals surface area contributed by atoms with Gasteiger partial charge in [-0.1, -0.05) is 44.2 Å². The molecule has 0 saturated carbocycles. The number of halogens is 1. The average Bonchev–Trinajstić information content (AvgIpc) is 2.72. The lowest BCUT2D eigenvalue weighted by Gasteiger charge is -2.19. The molecule has 158 valence electrons. The van der Waals surface area contributed by atoms with Gasteiger partial charge in [-0.25, -0.2) is 12.8 Å². The fraction of sp³-hybridized carbons (Fsp3) is 0.381. The zero-order valence-electron chi connectivity index (χ0n) is 17.0. The monoisotopic (exact) mass is 421 g/mol. The molecule has 0 aliphatic carbocycles. The van der Waals surface area contributed by atoms with Gasteiger partial charge in [-0.3, -0.25) is 4.79 Å². The molecule has 0 aromatic heterocycles. The summed E-state index contributed by atoms with van der Waals surface area (Å²) in [4.78, 5) is 12.3. The van der Waals surface area contributed by atoms with E-state index in [2.05, 4.69) is 10.6 Å². The Kier molecular flexibility index (Phi) is 8.31. The van der Waals surface area contributed by atoms with Crippen LogP contribution in [0, 0.1) is 5.82 Å². The molecular weight excluding hydrogens is 393 g/mol. The van der Waals surface area contributed by atoms with Crippen LogP contribution in [0.25, 0.3) is 0 Å². The van der Waals surface area contributed by atoms with Crippen LogP contribution in [0.5, 0.6) is 0 Å². The standard InChI is InChI=1S/C21H28FN3O3S/c1-4-25(5-2)29(27,28)19-12-10-17(11-13-19)16(3)23-15-21(26)24-14-18-8-6-7-9-20(18)22/h6-13,16,23H,4-5,14-15H2,1-3H3,(H,24,26)/t16-/m1/s1. The van der Waals surface area contributed by atoms with Gasteiger partial charge in [-0.15, -0.1) is 0 Å². The van der Waals surface area contributed by atoms with Crippen molar-refractivity contribution < 1.29 is 17.6 Å². The van der Waals surface area contributed by atoms with Gasteiger partial charge in [0, 0.05) is 31.2 Å². The lowest BCUT2D eigenvalue weighted by molar-refractivity contribution is -0.120. The van der Waals surface area contributed by atoms with Gasteiger partial charge in [-0.2, -0.15) is 4.31 Å². The number of hydrogen-bond acceptors (Lipinski definition) is 4. The highest BCUT2D eigenvalue weighted by Crippen LogP contribution is 2.19. The molecule has 0 aliphatic heterocycles. The summed E-state index contributed by atoms with van der Waals surface area (Å²) in [5.74, 6) is -0.602. The predicted octanol–water partition coefficient (Wildman–Crippen LogP) is 2.82. The molecule has 1 atom stereocenters. The predicted molar refractivity (Wildman–Crippen MR) is 111 cm³/mol. The van der Waals surface area contributed by atoms with E-state index in [9.17, 15) is 17.6 Å². The van der Waals surface area contributed by atoms with Crippen molar-refractivity contribution in [1.29, 1.82) is 0 Å². The number of nitrogens with one attached hydrogen (secondary N) is 2. The van der Waals surface area contributed by atoms with E-state index in [1.54, 1.807) is 56.3 Å². The molecule has 2 rings (SSSR count). The van der Waals surface area contributed by atoms with E-state index in [0.29, 0.717) is 18.7 Å². The number of nitrogens with zero attached hydrogens (tertiary/aromatic N) is 1. The van der Waals surface area contributed by atoms with Crippen LogP contribution >= 0.6 is 0 Å². The Balaban J connectivity index is 1.90. The molecule has 1 amide bonds. The lowest BCUT2D eigenvalue weighted by atomic mass is 10.1. The molecule has 0 spiro atoms. The number of amides is 1. The molecule has 0 fully saturated rings. The van der Waals surface area contributed by atoms with E-state index in [4.69, 9.17) is 0 Å². The minimum absolute atomic E-state index is 0.0646. The normalized spacial score (nSPS) is 12.7. The van der Waals surface area contributed by atoms with Crippen molar-refractivity contribution in [3.05, 3.63) is 65.5 Å². The summed E-state index contributed by atoms with van der Waals surface area (Å²) >= 11 is 0. The highest BCUT2D eigenvalue weighted by molar-refractivity contribution is 7.89. The van der Waals surface area contributed by atoms with Crippen molar-refractivity contribution in [2.45, 2.75) is 38.3 Å². The fourth-order valence-corrected chi connectivity index (χ4v) is 4.36. The average molecular weight is 422 g/mol. The highest BCUT2D eigenvalue weighted by Gasteiger charge is 2.21. The quantitative estimate of drug-likeness (QED) is 0.618. The van der Waals surface area contributed by atoms with E-state index < -0.39 is 10.0 Å². The van der Waals surface area contributed by atoms with Crippen LogP contribution in [-0.2, 0) is 21.4 Å². The Morgan fingerprint density at radius 3 is 2.28 bits per heavy atom. The van der Waals surface area contributed by atoms with Gasteiger partial charge >= 0.3 is 0 Å². The second kappa shape index (κ2) is 10.5. The summed E-state index contributed by atoms with van der Waals surface area (Å²) in [5, 5.41) is 5.76. The Bertz CT molecular complexity index is 913. The number of carbonyl (C=O) groups is 1. The smallest absolute Gasteiger partial charge is 0.243 e. The van der Waals surface area contributed by atoms with E-state index in [1.165, 1.54) is 10.4 Å². The molecule has 2 aromatic rings. The van der Waals surface area contributed by atoms with Crippen LogP contribution in [0.2, 0.25) is 0 Å². The topological polar surface area (TPSA) is 78.5 Å². The van der Waals surface area contributed by atoms with Gasteiger partial charge in [-0.05, 0) is 30.7 Å². The van der Waals surface area contributed by atoms with Crippen LogP contribution in [0.3, 0.4) is 0 Å². The van der Waals surface area contributed by atoms with Crippen LogP contribution in [0.1, 0.15) is 37.9 Å². The first kappa shape index (κ1) is 23.0. The summed E-state index contributed by atoms with van der Waals surface area (Å²) in [6, 6.07) is 12.8. The zero-order chi connectivity index (χ0) is 21.4. The number of sulfonamides is 1. The third-order valence-electron chi connectivity index (χ3n) is 4.73. The second-order valence-corrected chi connectivity index (χ2v) is 8.57. The van der Waals surface area contributed by atoms with Crippen LogP contribution in [0.15, 0.2) is 53.4 Å². The summed E-state index contributed by atoms with van der Waals surface area (Å²) in [6.45, 7) is 6.52. The van der Waals surface area contributed by atoms with Crippen molar-refractivity contribution in [1.82, 2.24) is 14.9 Å². The van der Waals surface area contributed by atoms with E-state index in [-0.39, 0.29) is 35.8 Å². The Hall–Kier alpha value is -2.29. The molecule has 6 nitrogen and oxygen atoms in total. The molecule has 0 radical (unpaired) electrons. The largest absolute Gasteiger partial charge is 0.351 e. The molecule has 0 unspecified atom stereocenters. The first-order chi connectivity index (χ1) is 13.8. The minimum atomic E-state index is -3.49. The molecule has 8 heteroatoms. The molecule has 2 N–H and O–H groups in total. The molecule has 2 aromatic carbocycles. The number of rotatable bonds is 10. The molecular formula is C21H28FN3O3S. The van der Waals surface area contributed by atoms with E-state index in [0.717, 1.165) is 5.56 Å². The van der Waals surface area contributed by atoms with Crippen molar-refractivity contribution in [3.63, 3.8) is 0 Å². The third-order valence-corrected chi connectivity index (χ3v) is 6.79. The number of hydrogen-bond donors (Lipinski definition) is 2. The van der Waals surface area contributed by atoms with Gasteiger partial charge in [0.05, 0.1) is 11.4 Å². The van der Waals surface area contributed by atoms with Gasteiger partial charge in [0.2, 0.25) is 15.9 Å². The van der Waals surface area contributed by atoms with E-state index in [1.807, 2.05) is 6.92 Å². The third kappa shape index (κ3) is 6.09. The van der Waals surface area contributed by atoms with Crippen molar-refractivity contribution in [3.8, 4) is 0 Å². The fourth-order valence-electron chi connectivity index (χ4n) is 2.90. The number of benzene rings is 2.